The molecule has 1 aliphatic rings. The van der Waals surface area contributed by atoms with Gasteiger partial charge in [-0.15, -0.1) is 0 Å². The first kappa shape index (κ1) is 19.2. The lowest BCUT2D eigenvalue weighted by atomic mass is 9.99. The van der Waals surface area contributed by atoms with Crippen molar-refractivity contribution in [2.24, 2.45) is 0 Å². The van der Waals surface area contributed by atoms with Gasteiger partial charge in [-0.05, 0) is 55.5 Å². The Morgan fingerprint density at radius 1 is 1.06 bits per heavy atom. The Balaban J connectivity index is 1.58. The van der Waals surface area contributed by atoms with Crippen molar-refractivity contribution in [1.29, 1.82) is 0 Å². The first-order valence-corrected chi connectivity index (χ1v) is 10.4. The normalized spacial score (nSPS) is 15.2. The van der Waals surface area contributed by atoms with E-state index in [4.69, 9.17) is 9.51 Å². The molecule has 1 atom stereocenters. The molecule has 0 aliphatic heterocycles. The van der Waals surface area contributed by atoms with Crippen molar-refractivity contribution in [3.8, 4) is 0 Å². The second-order valence-electron chi connectivity index (χ2n) is 7.79. The van der Waals surface area contributed by atoms with E-state index >= 15 is 0 Å². The van der Waals surface area contributed by atoms with Crippen molar-refractivity contribution in [3.63, 3.8) is 0 Å². The maximum atomic E-state index is 13.4. The van der Waals surface area contributed by atoms with Gasteiger partial charge in [0.25, 0.3) is 5.91 Å². The summed E-state index contributed by atoms with van der Waals surface area (Å²) in [5.74, 6) is 0.784. The van der Waals surface area contributed by atoms with Gasteiger partial charge in [-0.1, -0.05) is 53.7 Å². The monoisotopic (exact) mass is 410 g/mol. The zero-order chi connectivity index (χ0) is 21.4. The average Bonchev–Trinajstić information content (AvgIpc) is 3.39. The van der Waals surface area contributed by atoms with Crippen LogP contribution in [0.4, 0.5) is 0 Å². The molecule has 0 spiro atoms. The van der Waals surface area contributed by atoms with Crippen molar-refractivity contribution in [3.05, 3.63) is 88.7 Å². The van der Waals surface area contributed by atoms with Gasteiger partial charge in [-0.25, -0.2) is 4.98 Å². The van der Waals surface area contributed by atoms with E-state index in [9.17, 15) is 4.79 Å². The smallest absolute Gasteiger partial charge is 0.252 e. The van der Waals surface area contributed by atoms with Crippen molar-refractivity contribution < 1.29 is 9.32 Å². The van der Waals surface area contributed by atoms with Crippen LogP contribution < -0.4 is 5.32 Å². The molecule has 1 amide bonds. The molecule has 5 rings (SSSR count). The fourth-order valence-corrected chi connectivity index (χ4v) is 4.11. The summed E-state index contributed by atoms with van der Waals surface area (Å²) in [6.45, 7) is 3.60. The molecule has 0 saturated heterocycles. The largest absolute Gasteiger partial charge is 0.340 e. The van der Waals surface area contributed by atoms with Crippen molar-refractivity contribution in [1.82, 2.24) is 20.4 Å². The Bertz CT molecular complexity index is 1310. The van der Waals surface area contributed by atoms with Crippen LogP contribution in [-0.2, 0) is 6.42 Å². The predicted molar refractivity (Wildman–Crippen MR) is 119 cm³/mol. The highest BCUT2D eigenvalue weighted by Gasteiger charge is 2.28. The molecule has 0 saturated carbocycles. The molecule has 0 bridgehead atoms. The van der Waals surface area contributed by atoms with Crippen LogP contribution in [0, 0.1) is 6.92 Å². The summed E-state index contributed by atoms with van der Waals surface area (Å²) >= 11 is 0. The van der Waals surface area contributed by atoms with Crippen LogP contribution in [0.15, 0.2) is 59.1 Å². The Kier molecular flexibility index (Phi) is 4.82. The zero-order valence-corrected chi connectivity index (χ0v) is 17.4. The van der Waals surface area contributed by atoms with E-state index in [1.54, 1.807) is 6.92 Å². The number of carbonyl (C=O) groups is 1. The summed E-state index contributed by atoms with van der Waals surface area (Å²) in [6.07, 6.45) is 3.80. The molecule has 2 heterocycles. The van der Waals surface area contributed by atoms with Gasteiger partial charge >= 0.3 is 0 Å². The van der Waals surface area contributed by atoms with Gasteiger partial charge in [0.05, 0.1) is 16.8 Å². The van der Waals surface area contributed by atoms with Gasteiger partial charge in [-0.3, -0.25) is 4.79 Å². The molecule has 1 N–H and O–H groups in total. The number of para-hydroxylation sites is 1. The number of amides is 1. The molecule has 6 heteroatoms. The molecular weight excluding hydrogens is 388 g/mol. The van der Waals surface area contributed by atoms with Crippen LogP contribution in [0.3, 0.4) is 0 Å². The maximum absolute atomic E-state index is 13.4. The Labute approximate surface area is 180 Å². The summed E-state index contributed by atoms with van der Waals surface area (Å²) < 4.78 is 5.23. The van der Waals surface area contributed by atoms with Crippen LogP contribution in [-0.4, -0.2) is 21.0 Å². The van der Waals surface area contributed by atoms with Crippen LogP contribution in [0.5, 0.6) is 0 Å². The molecule has 0 fully saturated rings. The Hall–Kier alpha value is -3.80. The fourth-order valence-electron chi connectivity index (χ4n) is 4.11. The highest BCUT2D eigenvalue weighted by atomic mass is 16.5. The van der Waals surface area contributed by atoms with Gasteiger partial charge in [0.2, 0.25) is 5.89 Å². The van der Waals surface area contributed by atoms with Crippen molar-refractivity contribution >= 4 is 28.5 Å². The number of pyridine rings is 1. The molecule has 0 radical (unpaired) electrons. The number of hydrogen-bond acceptors (Lipinski definition) is 5. The first-order chi connectivity index (χ1) is 15.1. The van der Waals surface area contributed by atoms with E-state index < -0.39 is 6.04 Å². The number of aromatic nitrogens is 3. The van der Waals surface area contributed by atoms with E-state index in [1.807, 2.05) is 49.4 Å². The third kappa shape index (κ3) is 3.61. The lowest BCUT2D eigenvalue weighted by Crippen LogP contribution is -2.28. The number of carbonyl (C=O) groups excluding carboxylic acids is 1. The fraction of sp³-hybridized carbons (Fsp3) is 0.200. The van der Waals surface area contributed by atoms with Crippen molar-refractivity contribution in [2.45, 2.75) is 32.7 Å². The third-order valence-electron chi connectivity index (χ3n) is 5.57. The standard InChI is InChI=1S/C25H22N4O2/c1-15(25-27-16(2)29-31-25)26-24(30)22-19-10-6-7-11-21(19)28-23-18(12-13-20(22)23)14-17-8-4-3-5-9-17/h3-11,14-15H,12-13H2,1-2H3,(H,26,30)/b18-14-. The van der Waals surface area contributed by atoms with Crippen LogP contribution >= 0.6 is 0 Å². The number of nitrogens with zero attached hydrogens (tertiary/aromatic N) is 3. The molecule has 2 aromatic carbocycles. The number of hydrogen-bond donors (Lipinski definition) is 1. The zero-order valence-electron chi connectivity index (χ0n) is 17.4. The minimum atomic E-state index is -0.392. The summed E-state index contributed by atoms with van der Waals surface area (Å²) in [6, 6.07) is 17.6. The SMILES string of the molecule is Cc1noc(C(C)NC(=O)c2c3c(nc4ccccc24)/C(=C\c2ccccc2)CC3)n1. The lowest BCUT2D eigenvalue weighted by Gasteiger charge is -2.15. The quantitative estimate of drug-likeness (QED) is 0.517. The highest BCUT2D eigenvalue weighted by Crippen LogP contribution is 2.37. The van der Waals surface area contributed by atoms with Gasteiger partial charge in [0.1, 0.15) is 6.04 Å². The van der Waals surface area contributed by atoms with Gasteiger partial charge in [0.15, 0.2) is 5.82 Å². The Morgan fingerprint density at radius 2 is 1.84 bits per heavy atom. The number of aryl methyl sites for hydroxylation is 1. The second-order valence-corrected chi connectivity index (χ2v) is 7.79. The van der Waals surface area contributed by atoms with Crippen LogP contribution in [0.2, 0.25) is 0 Å². The van der Waals surface area contributed by atoms with E-state index in [-0.39, 0.29) is 5.91 Å². The second kappa shape index (κ2) is 7.80. The van der Waals surface area contributed by atoms with E-state index in [1.165, 1.54) is 0 Å². The predicted octanol–water partition coefficient (Wildman–Crippen LogP) is 4.90. The molecular formula is C25H22N4O2. The molecule has 154 valence electrons. The number of benzene rings is 2. The molecule has 31 heavy (non-hydrogen) atoms. The van der Waals surface area contributed by atoms with Gasteiger partial charge in [-0.2, -0.15) is 4.98 Å². The molecule has 4 aromatic rings. The van der Waals surface area contributed by atoms with Crippen LogP contribution in [0.25, 0.3) is 22.6 Å². The van der Waals surface area contributed by atoms with E-state index in [0.29, 0.717) is 17.3 Å². The van der Waals surface area contributed by atoms with E-state index in [0.717, 1.165) is 46.1 Å². The van der Waals surface area contributed by atoms with E-state index in [2.05, 4.69) is 33.7 Å². The summed E-state index contributed by atoms with van der Waals surface area (Å²) in [5.41, 5.74) is 5.68. The minimum absolute atomic E-state index is 0.154. The van der Waals surface area contributed by atoms with Gasteiger partial charge in [0, 0.05) is 5.39 Å². The number of allylic oxidation sites excluding steroid dienone is 1. The molecule has 1 unspecified atom stereocenters. The summed E-state index contributed by atoms with van der Waals surface area (Å²) in [4.78, 5) is 22.6. The topological polar surface area (TPSA) is 80.9 Å². The lowest BCUT2D eigenvalue weighted by molar-refractivity contribution is 0.0933. The first-order valence-electron chi connectivity index (χ1n) is 10.4. The van der Waals surface area contributed by atoms with Crippen molar-refractivity contribution in [2.75, 3.05) is 0 Å². The van der Waals surface area contributed by atoms with Gasteiger partial charge < -0.3 is 9.84 Å². The Morgan fingerprint density at radius 3 is 2.61 bits per heavy atom. The number of fused-ring (bicyclic) bond motifs is 2. The minimum Gasteiger partial charge on any atom is -0.340 e. The average molecular weight is 410 g/mol. The third-order valence-corrected chi connectivity index (χ3v) is 5.57. The summed E-state index contributed by atoms with van der Waals surface area (Å²) in [7, 11) is 0. The number of nitrogens with one attached hydrogen (secondary N) is 1. The molecule has 1 aliphatic carbocycles. The molecule has 2 aromatic heterocycles. The molecule has 6 nitrogen and oxygen atoms in total. The maximum Gasteiger partial charge on any atom is 0.252 e. The summed E-state index contributed by atoms with van der Waals surface area (Å²) in [5, 5.41) is 7.71. The number of rotatable bonds is 4. The highest BCUT2D eigenvalue weighted by molar-refractivity contribution is 6.09. The van der Waals surface area contributed by atoms with Crippen LogP contribution in [0.1, 0.15) is 58.3 Å².